The molecule has 0 aliphatic rings. The normalized spacial score (nSPS) is 9.93. The molecule has 2 N–H and O–H groups in total. The van der Waals surface area contributed by atoms with Gasteiger partial charge in [-0.3, -0.25) is 4.79 Å². The number of amides is 1. The molecule has 0 saturated heterocycles. The molecule has 0 heterocycles. The lowest BCUT2D eigenvalue weighted by Gasteiger charge is -2.30. The van der Waals surface area contributed by atoms with Gasteiger partial charge in [0, 0.05) is 19.7 Å². The van der Waals surface area contributed by atoms with Crippen molar-refractivity contribution in [1.82, 2.24) is 4.90 Å². The predicted octanol–water partition coefficient (Wildman–Crippen LogP) is 1.03. The quantitative estimate of drug-likeness (QED) is 0.721. The molecule has 1 amide bonds. The van der Waals surface area contributed by atoms with Crippen molar-refractivity contribution in [2.45, 2.75) is 32.7 Å². The minimum Gasteiger partial charge on any atom is -0.383 e. The lowest BCUT2D eigenvalue weighted by molar-refractivity contribution is -0.132. The Morgan fingerprint density at radius 3 is 2.27 bits per heavy atom. The molecule has 0 aromatic rings. The number of carbonyl (C=O) groups is 1. The maximum atomic E-state index is 11.5. The third-order valence-corrected chi connectivity index (χ3v) is 2.41. The molecule has 5 heteroatoms. The molecule has 0 aliphatic carbocycles. The van der Waals surface area contributed by atoms with Crippen LogP contribution in [0.15, 0.2) is 0 Å². The van der Waals surface area contributed by atoms with Crippen molar-refractivity contribution >= 4 is 18.3 Å². The molecule has 0 saturated carbocycles. The molecular weight excluding hydrogens is 216 g/mol. The standard InChI is InChI=1S/C10H22N2O2.ClH/c1-4-9(5-2)12(6-7-14-3)10(13)8-11;/h9H,4-8,11H2,1-3H3;1H. The second-order valence-electron chi connectivity index (χ2n) is 3.25. The van der Waals surface area contributed by atoms with Gasteiger partial charge in [0.15, 0.2) is 0 Å². The summed E-state index contributed by atoms with van der Waals surface area (Å²) < 4.78 is 4.97. The van der Waals surface area contributed by atoms with E-state index in [1.165, 1.54) is 0 Å². The highest BCUT2D eigenvalue weighted by Crippen LogP contribution is 2.08. The Bertz CT molecular complexity index is 164. The number of carbonyl (C=O) groups excluding carboxylic acids is 1. The van der Waals surface area contributed by atoms with Crippen molar-refractivity contribution in [3.05, 3.63) is 0 Å². The first kappa shape index (κ1) is 17.1. The van der Waals surface area contributed by atoms with Crippen molar-refractivity contribution in [1.29, 1.82) is 0 Å². The van der Waals surface area contributed by atoms with Crippen LogP contribution in [0.2, 0.25) is 0 Å². The first-order valence-corrected chi connectivity index (χ1v) is 5.19. The molecular formula is C10H23ClN2O2. The smallest absolute Gasteiger partial charge is 0.236 e. The summed E-state index contributed by atoms with van der Waals surface area (Å²) >= 11 is 0. The SMILES string of the molecule is CCC(CC)N(CCOC)C(=O)CN.Cl. The van der Waals surface area contributed by atoms with Crippen molar-refractivity contribution in [2.24, 2.45) is 5.73 Å². The Balaban J connectivity index is 0. The van der Waals surface area contributed by atoms with Crippen LogP contribution in [0.3, 0.4) is 0 Å². The summed E-state index contributed by atoms with van der Waals surface area (Å²) in [5.74, 6) is 0.00995. The molecule has 0 aromatic heterocycles. The topological polar surface area (TPSA) is 55.6 Å². The van der Waals surface area contributed by atoms with Crippen LogP contribution in [0.4, 0.5) is 0 Å². The molecule has 0 rings (SSSR count). The highest BCUT2D eigenvalue weighted by Gasteiger charge is 2.18. The average molecular weight is 239 g/mol. The summed E-state index contributed by atoms with van der Waals surface area (Å²) in [5, 5.41) is 0. The minimum atomic E-state index is 0. The van der Waals surface area contributed by atoms with E-state index in [0.717, 1.165) is 12.8 Å². The number of rotatable bonds is 7. The van der Waals surface area contributed by atoms with Gasteiger partial charge in [-0.1, -0.05) is 13.8 Å². The molecule has 0 atom stereocenters. The first-order valence-electron chi connectivity index (χ1n) is 5.19. The first-order chi connectivity index (χ1) is 6.71. The number of nitrogens with zero attached hydrogens (tertiary/aromatic N) is 1. The molecule has 0 unspecified atom stereocenters. The summed E-state index contributed by atoms with van der Waals surface area (Å²) in [5.41, 5.74) is 5.36. The van der Waals surface area contributed by atoms with Gasteiger partial charge >= 0.3 is 0 Å². The fourth-order valence-corrected chi connectivity index (χ4v) is 1.55. The zero-order valence-electron chi connectivity index (χ0n) is 9.86. The maximum Gasteiger partial charge on any atom is 0.236 e. The summed E-state index contributed by atoms with van der Waals surface area (Å²) in [6.07, 6.45) is 1.93. The van der Waals surface area contributed by atoms with Crippen LogP contribution in [0.25, 0.3) is 0 Å². The number of hydrogen-bond donors (Lipinski definition) is 1. The zero-order chi connectivity index (χ0) is 11.0. The monoisotopic (exact) mass is 238 g/mol. The fourth-order valence-electron chi connectivity index (χ4n) is 1.55. The van der Waals surface area contributed by atoms with Gasteiger partial charge in [0.25, 0.3) is 0 Å². The third-order valence-electron chi connectivity index (χ3n) is 2.41. The Labute approximate surface area is 98.6 Å². The summed E-state index contributed by atoms with van der Waals surface area (Å²) in [6.45, 7) is 5.46. The number of nitrogens with two attached hydrogens (primary N) is 1. The lowest BCUT2D eigenvalue weighted by atomic mass is 10.1. The van der Waals surface area contributed by atoms with Crippen molar-refractivity contribution in [3.63, 3.8) is 0 Å². The van der Waals surface area contributed by atoms with E-state index >= 15 is 0 Å². The van der Waals surface area contributed by atoms with Gasteiger partial charge in [0.05, 0.1) is 13.2 Å². The van der Waals surface area contributed by atoms with E-state index in [-0.39, 0.29) is 24.9 Å². The molecule has 0 radical (unpaired) electrons. The van der Waals surface area contributed by atoms with Gasteiger partial charge < -0.3 is 15.4 Å². The lowest BCUT2D eigenvalue weighted by Crippen LogP contribution is -2.44. The molecule has 4 nitrogen and oxygen atoms in total. The van der Waals surface area contributed by atoms with Crippen molar-refractivity contribution < 1.29 is 9.53 Å². The Morgan fingerprint density at radius 2 is 1.93 bits per heavy atom. The molecule has 92 valence electrons. The average Bonchev–Trinajstić information content (AvgIpc) is 2.23. The Morgan fingerprint density at radius 1 is 1.40 bits per heavy atom. The Kier molecular flexibility index (Phi) is 11.6. The summed E-state index contributed by atoms with van der Waals surface area (Å²) in [6, 6.07) is 0.293. The summed E-state index contributed by atoms with van der Waals surface area (Å²) in [4.78, 5) is 13.3. The van der Waals surface area contributed by atoms with Gasteiger partial charge in [0.2, 0.25) is 5.91 Å². The molecule has 0 bridgehead atoms. The second-order valence-corrected chi connectivity index (χ2v) is 3.25. The molecule has 0 aliphatic heterocycles. The number of halogens is 1. The summed E-state index contributed by atoms with van der Waals surface area (Å²) in [7, 11) is 1.64. The molecule has 0 aromatic carbocycles. The van der Waals surface area contributed by atoms with Crippen LogP contribution >= 0.6 is 12.4 Å². The van der Waals surface area contributed by atoms with E-state index in [4.69, 9.17) is 10.5 Å². The third kappa shape index (κ3) is 5.97. The van der Waals surface area contributed by atoms with E-state index < -0.39 is 0 Å². The zero-order valence-corrected chi connectivity index (χ0v) is 10.7. The van der Waals surface area contributed by atoms with E-state index in [1.807, 2.05) is 4.90 Å². The van der Waals surface area contributed by atoms with Gasteiger partial charge in [-0.15, -0.1) is 12.4 Å². The van der Waals surface area contributed by atoms with Gasteiger partial charge in [-0.25, -0.2) is 0 Å². The van der Waals surface area contributed by atoms with Crippen LogP contribution in [-0.4, -0.2) is 43.7 Å². The maximum absolute atomic E-state index is 11.5. The van der Waals surface area contributed by atoms with E-state index in [2.05, 4.69) is 13.8 Å². The van der Waals surface area contributed by atoms with Gasteiger partial charge in [0.1, 0.15) is 0 Å². The number of hydrogen-bond acceptors (Lipinski definition) is 3. The highest BCUT2D eigenvalue weighted by atomic mass is 35.5. The number of methoxy groups -OCH3 is 1. The van der Waals surface area contributed by atoms with Crippen LogP contribution < -0.4 is 5.73 Å². The van der Waals surface area contributed by atoms with Crippen molar-refractivity contribution in [3.8, 4) is 0 Å². The van der Waals surface area contributed by atoms with Crippen LogP contribution in [-0.2, 0) is 9.53 Å². The van der Waals surface area contributed by atoms with E-state index in [0.29, 0.717) is 19.2 Å². The molecule has 0 spiro atoms. The highest BCUT2D eigenvalue weighted by molar-refractivity contribution is 5.85. The van der Waals surface area contributed by atoms with Gasteiger partial charge in [-0.05, 0) is 12.8 Å². The largest absolute Gasteiger partial charge is 0.383 e. The number of ether oxygens (including phenoxy) is 1. The second kappa shape index (κ2) is 10.2. The van der Waals surface area contributed by atoms with Crippen molar-refractivity contribution in [2.75, 3.05) is 26.8 Å². The fraction of sp³-hybridized carbons (Fsp3) is 0.900. The van der Waals surface area contributed by atoms with Crippen LogP contribution in [0.1, 0.15) is 26.7 Å². The van der Waals surface area contributed by atoms with Crippen LogP contribution in [0.5, 0.6) is 0 Å². The van der Waals surface area contributed by atoms with Gasteiger partial charge in [-0.2, -0.15) is 0 Å². The van der Waals surface area contributed by atoms with Crippen LogP contribution in [0, 0.1) is 0 Å². The molecule has 0 fully saturated rings. The Hall–Kier alpha value is -0.320. The molecule has 15 heavy (non-hydrogen) atoms. The predicted molar refractivity (Wildman–Crippen MR) is 64.3 cm³/mol. The minimum absolute atomic E-state index is 0. The van der Waals surface area contributed by atoms with E-state index in [1.54, 1.807) is 7.11 Å². The van der Waals surface area contributed by atoms with E-state index in [9.17, 15) is 4.79 Å².